The predicted molar refractivity (Wildman–Crippen MR) is 123 cm³/mol. The summed E-state index contributed by atoms with van der Waals surface area (Å²) >= 11 is 1.23. The second kappa shape index (κ2) is 9.34. The van der Waals surface area contributed by atoms with Crippen LogP contribution in [0.1, 0.15) is 35.6 Å². The lowest BCUT2D eigenvalue weighted by Crippen LogP contribution is -2.43. The smallest absolute Gasteiger partial charge is 0.252 e. The molecule has 0 aliphatic carbocycles. The highest BCUT2D eigenvalue weighted by atomic mass is 32.2. The number of hydrogen-bond donors (Lipinski definition) is 1. The molecule has 1 aromatic heterocycles. The fourth-order valence-corrected chi connectivity index (χ4v) is 6.53. The van der Waals surface area contributed by atoms with Crippen molar-refractivity contribution < 1.29 is 13.2 Å². The summed E-state index contributed by atoms with van der Waals surface area (Å²) < 4.78 is 27.3. The first-order valence-electron chi connectivity index (χ1n) is 10.4. The molecule has 1 fully saturated rings. The van der Waals surface area contributed by atoms with Crippen LogP contribution in [0.15, 0.2) is 76.3 Å². The Morgan fingerprint density at radius 3 is 2.23 bits per heavy atom. The minimum absolute atomic E-state index is 0.0254. The van der Waals surface area contributed by atoms with Gasteiger partial charge in [0.15, 0.2) is 0 Å². The Balaban J connectivity index is 1.46. The number of hydrogen-bond acceptors (Lipinski definition) is 4. The Bertz CT molecular complexity index is 1100. The van der Waals surface area contributed by atoms with Crippen LogP contribution in [0.5, 0.6) is 0 Å². The molecular formula is C24H26N2O3S2. The van der Waals surface area contributed by atoms with E-state index in [9.17, 15) is 13.2 Å². The van der Waals surface area contributed by atoms with E-state index in [0.717, 1.165) is 11.1 Å². The minimum Gasteiger partial charge on any atom is -0.345 e. The predicted octanol–water partition coefficient (Wildman–Crippen LogP) is 4.36. The summed E-state index contributed by atoms with van der Waals surface area (Å²) in [6.45, 7) is 2.76. The van der Waals surface area contributed by atoms with Crippen molar-refractivity contribution in [3.63, 3.8) is 0 Å². The zero-order valence-electron chi connectivity index (χ0n) is 17.4. The van der Waals surface area contributed by atoms with Gasteiger partial charge in [0, 0.05) is 19.0 Å². The van der Waals surface area contributed by atoms with E-state index in [-0.39, 0.29) is 17.9 Å². The highest BCUT2D eigenvalue weighted by Crippen LogP contribution is 2.28. The van der Waals surface area contributed by atoms with Gasteiger partial charge in [-0.15, -0.1) is 11.3 Å². The number of nitrogens with one attached hydrogen (secondary N) is 1. The molecule has 2 aromatic carbocycles. The van der Waals surface area contributed by atoms with Crippen LogP contribution in [0.25, 0.3) is 0 Å². The number of benzene rings is 2. The number of amides is 1. The molecule has 5 nitrogen and oxygen atoms in total. The van der Waals surface area contributed by atoms with E-state index in [4.69, 9.17) is 0 Å². The van der Waals surface area contributed by atoms with E-state index >= 15 is 0 Å². The second-order valence-corrected chi connectivity index (χ2v) is 11.0. The highest BCUT2D eigenvalue weighted by Gasteiger charge is 2.33. The third kappa shape index (κ3) is 4.89. The van der Waals surface area contributed by atoms with Crippen molar-refractivity contribution in [3.05, 3.63) is 88.8 Å². The Hall–Kier alpha value is -2.48. The molecule has 1 N–H and O–H groups in total. The first kappa shape index (κ1) is 21.7. The lowest BCUT2D eigenvalue weighted by Gasteiger charge is -2.31. The first-order chi connectivity index (χ1) is 14.9. The molecule has 1 amide bonds. The fraction of sp³-hybridized carbons (Fsp3) is 0.292. The second-order valence-electron chi connectivity index (χ2n) is 7.87. The normalized spacial score (nSPS) is 16.7. The average Bonchev–Trinajstić information content (AvgIpc) is 3.35. The molecule has 1 aliphatic heterocycles. The highest BCUT2D eigenvalue weighted by molar-refractivity contribution is 7.91. The largest absolute Gasteiger partial charge is 0.345 e. The van der Waals surface area contributed by atoms with E-state index in [1.165, 1.54) is 21.2 Å². The van der Waals surface area contributed by atoms with Gasteiger partial charge in [0.05, 0.1) is 6.04 Å². The fourth-order valence-electron chi connectivity index (χ4n) is 3.92. The van der Waals surface area contributed by atoms with Crippen LogP contribution in [0, 0.1) is 12.8 Å². The molecular weight excluding hydrogens is 428 g/mol. The molecule has 7 heteroatoms. The number of piperidine rings is 1. The number of carbonyl (C=O) groups is 1. The number of nitrogens with zero attached hydrogens (tertiary/aromatic N) is 1. The van der Waals surface area contributed by atoms with Gasteiger partial charge in [-0.25, -0.2) is 8.42 Å². The molecule has 3 aromatic rings. The Morgan fingerprint density at radius 1 is 0.968 bits per heavy atom. The van der Waals surface area contributed by atoms with Gasteiger partial charge in [0.25, 0.3) is 10.0 Å². The van der Waals surface area contributed by atoms with Crippen molar-refractivity contribution in [1.82, 2.24) is 9.62 Å². The van der Waals surface area contributed by atoms with Crippen LogP contribution in [-0.4, -0.2) is 31.7 Å². The zero-order valence-corrected chi connectivity index (χ0v) is 19.0. The molecule has 1 saturated heterocycles. The molecule has 4 rings (SSSR count). The van der Waals surface area contributed by atoms with Crippen LogP contribution in [-0.2, 0) is 14.8 Å². The summed E-state index contributed by atoms with van der Waals surface area (Å²) in [5.74, 6) is -0.228. The van der Waals surface area contributed by atoms with Gasteiger partial charge in [-0.2, -0.15) is 4.31 Å². The van der Waals surface area contributed by atoms with E-state index in [1.54, 1.807) is 17.5 Å². The molecule has 0 bridgehead atoms. The molecule has 0 radical (unpaired) electrons. The Kier molecular flexibility index (Phi) is 6.55. The molecule has 1 aliphatic rings. The van der Waals surface area contributed by atoms with Crippen LogP contribution < -0.4 is 5.32 Å². The lowest BCUT2D eigenvalue weighted by molar-refractivity contribution is -0.126. The summed E-state index contributed by atoms with van der Waals surface area (Å²) in [7, 11) is -3.46. The molecule has 2 heterocycles. The van der Waals surface area contributed by atoms with Crippen molar-refractivity contribution in [2.24, 2.45) is 5.92 Å². The van der Waals surface area contributed by atoms with E-state index in [1.807, 2.05) is 61.5 Å². The quantitative estimate of drug-likeness (QED) is 0.602. The summed E-state index contributed by atoms with van der Waals surface area (Å²) in [5.41, 5.74) is 3.22. The van der Waals surface area contributed by atoms with Crippen molar-refractivity contribution in [2.75, 3.05) is 13.1 Å². The molecule has 1 atom stereocenters. The molecule has 0 saturated carbocycles. The average molecular weight is 455 g/mol. The van der Waals surface area contributed by atoms with Gasteiger partial charge in [-0.05, 0) is 42.3 Å². The maximum Gasteiger partial charge on any atom is 0.252 e. The van der Waals surface area contributed by atoms with Crippen LogP contribution in [0.4, 0.5) is 0 Å². The van der Waals surface area contributed by atoms with E-state index in [0.29, 0.717) is 30.1 Å². The zero-order chi connectivity index (χ0) is 21.8. The SMILES string of the molecule is Cc1ccc(C(NC(=O)C2CCN(S(=O)(=O)c3cccs3)CC2)c2ccccc2)cc1. The minimum atomic E-state index is -3.46. The summed E-state index contributed by atoms with van der Waals surface area (Å²) in [6, 6.07) is 21.2. The van der Waals surface area contributed by atoms with Crippen molar-refractivity contribution in [1.29, 1.82) is 0 Å². The topological polar surface area (TPSA) is 66.5 Å². The number of rotatable bonds is 6. The van der Waals surface area contributed by atoms with Gasteiger partial charge < -0.3 is 5.32 Å². The van der Waals surface area contributed by atoms with Crippen LogP contribution in [0.2, 0.25) is 0 Å². The van der Waals surface area contributed by atoms with E-state index in [2.05, 4.69) is 5.32 Å². The van der Waals surface area contributed by atoms with Gasteiger partial charge in [-0.3, -0.25) is 4.79 Å². The van der Waals surface area contributed by atoms with Crippen molar-refractivity contribution >= 4 is 27.3 Å². The van der Waals surface area contributed by atoms with Gasteiger partial charge in [0.2, 0.25) is 5.91 Å². The van der Waals surface area contributed by atoms with Gasteiger partial charge in [0.1, 0.15) is 4.21 Å². The summed E-state index contributed by atoms with van der Waals surface area (Å²) in [6.07, 6.45) is 1.04. The maximum atomic E-state index is 13.1. The first-order valence-corrected chi connectivity index (χ1v) is 12.7. The summed E-state index contributed by atoms with van der Waals surface area (Å²) in [4.78, 5) is 13.1. The van der Waals surface area contributed by atoms with Crippen molar-refractivity contribution in [2.45, 2.75) is 30.0 Å². The number of aryl methyl sites for hydroxylation is 1. The monoisotopic (exact) mass is 454 g/mol. The molecule has 1 unspecified atom stereocenters. The third-order valence-corrected chi connectivity index (χ3v) is 9.02. The third-order valence-electron chi connectivity index (χ3n) is 5.74. The van der Waals surface area contributed by atoms with E-state index < -0.39 is 10.0 Å². The Labute approximate surface area is 187 Å². The molecule has 162 valence electrons. The molecule has 31 heavy (non-hydrogen) atoms. The molecule has 0 spiro atoms. The lowest BCUT2D eigenvalue weighted by atomic mass is 9.94. The summed E-state index contributed by atoms with van der Waals surface area (Å²) in [5, 5.41) is 4.98. The van der Waals surface area contributed by atoms with Crippen LogP contribution >= 0.6 is 11.3 Å². The Morgan fingerprint density at radius 2 is 1.61 bits per heavy atom. The maximum absolute atomic E-state index is 13.1. The van der Waals surface area contributed by atoms with Gasteiger partial charge >= 0.3 is 0 Å². The number of thiophene rings is 1. The van der Waals surface area contributed by atoms with Gasteiger partial charge in [-0.1, -0.05) is 66.2 Å². The number of sulfonamides is 1. The van der Waals surface area contributed by atoms with Crippen molar-refractivity contribution in [3.8, 4) is 0 Å². The standard InChI is InChI=1S/C24H26N2O3S2/c1-18-9-11-20(12-10-18)23(19-6-3-2-4-7-19)25-24(27)21-13-15-26(16-14-21)31(28,29)22-8-5-17-30-22/h2-12,17,21,23H,13-16H2,1H3,(H,25,27). The van der Waals surface area contributed by atoms with Crippen LogP contribution in [0.3, 0.4) is 0 Å². The number of carbonyl (C=O) groups excluding carboxylic acids is 1.